The van der Waals surface area contributed by atoms with Gasteiger partial charge >= 0.3 is 42.2 Å². The van der Waals surface area contributed by atoms with Crippen LogP contribution in [0.4, 0.5) is 71.0 Å². The normalized spacial score (nSPS) is 23.9. The van der Waals surface area contributed by atoms with Crippen molar-refractivity contribution in [2.24, 2.45) is 29.4 Å². The van der Waals surface area contributed by atoms with E-state index >= 15 is 13.2 Å². The molecule has 3 amide bonds. The molecule has 4 aromatic heterocycles. The number of aromatic nitrogens is 4. The van der Waals surface area contributed by atoms with Crippen molar-refractivity contribution in [3.05, 3.63) is 164 Å². The van der Waals surface area contributed by atoms with Crippen LogP contribution in [-0.4, -0.2) is 200 Å². The van der Waals surface area contributed by atoms with Gasteiger partial charge in [0.15, 0.2) is 11.6 Å². The molecule has 20 rings (SSSR count). The largest absolute Gasteiger partial charge is 0.477 e. The summed E-state index contributed by atoms with van der Waals surface area (Å²) in [5.41, 5.74) is -2.75. The first-order valence-corrected chi connectivity index (χ1v) is 48.9. The van der Waals surface area contributed by atoms with Gasteiger partial charge in [-0.25, -0.2) is 73.1 Å². The SMILES string of the molecule is CC(C)(C)OC(=O)NC1([C@@H]2CCN(c3c(F)cc4c(=O)c(C(=O)O)cn([C@@H]5C[C@@H]5F)c4c3C#N)C2)CC1.CC(C)(C)OC(=O)NC1([C@@H]2CCNC2)CC1.CCOC(=O)c1cn([C@@H]2C[C@@H]2F)c2c(C#N)c(F)c(F)cc2c1=O.CCOC(=O)c1cn([C@@H]2C[C@@H]2F)c2c(C#N)c(N3CC[C@@H](C4(NC(=O)OC(C)(C)C)CC4)C3)c(F)cc2c1=O.N#Cc1c(N2CC[C@@H](C3(N)CC3)C2)c(F)cc2c(=O)c(C(=O)O)cn([C@@H]3C[C@@H]3F)c12. The Balaban J connectivity index is 0.000000134. The Kier molecular flexibility index (Phi) is 28.3. The third-order valence-corrected chi connectivity index (χ3v) is 29.2. The van der Waals surface area contributed by atoms with Crippen molar-refractivity contribution in [2.75, 3.05) is 80.3 Å². The molecule has 146 heavy (non-hydrogen) atoms. The molecule has 8 aliphatic carbocycles. The number of alkyl halides is 4. The predicted octanol–water partition coefficient (Wildman–Crippen LogP) is 14.8. The van der Waals surface area contributed by atoms with Gasteiger partial charge in [0, 0.05) is 130 Å². The molecule has 12 atom stereocenters. The van der Waals surface area contributed by atoms with Gasteiger partial charge in [0.1, 0.15) is 128 Å². The number of carbonyl (C=O) groups excluding carboxylic acids is 5. The molecule has 4 saturated heterocycles. The van der Waals surface area contributed by atoms with Gasteiger partial charge in [-0.15, -0.1) is 0 Å². The average molecular weight is 2030 g/mol. The van der Waals surface area contributed by atoms with Crippen molar-refractivity contribution in [1.82, 2.24) is 39.5 Å². The smallest absolute Gasteiger partial charge is 0.408 e. The minimum absolute atomic E-state index is 0.00121. The Morgan fingerprint density at radius 1 is 0.425 bits per heavy atom. The van der Waals surface area contributed by atoms with Crippen molar-refractivity contribution in [3.63, 3.8) is 0 Å². The number of ether oxygens (including phenoxy) is 5. The second-order valence-electron chi connectivity index (χ2n) is 42.8. The maximum atomic E-state index is 15.7. The molecule has 776 valence electrons. The van der Waals surface area contributed by atoms with Crippen LogP contribution in [-0.2, 0) is 23.7 Å². The van der Waals surface area contributed by atoms with E-state index in [4.69, 9.17) is 34.7 Å². The molecule has 4 aromatic carbocycles. The van der Waals surface area contributed by atoms with Crippen molar-refractivity contribution < 1.29 is 107 Å². The molecule has 8 heterocycles. The highest BCUT2D eigenvalue weighted by Crippen LogP contribution is 2.54. The van der Waals surface area contributed by atoms with Gasteiger partial charge in [0.2, 0.25) is 21.7 Å². The molecule has 0 bridgehead atoms. The van der Waals surface area contributed by atoms with Crippen LogP contribution >= 0.6 is 0 Å². The molecule has 43 heteroatoms. The van der Waals surface area contributed by atoms with E-state index in [9.17, 15) is 105 Å². The summed E-state index contributed by atoms with van der Waals surface area (Å²) >= 11 is 0. The summed E-state index contributed by atoms with van der Waals surface area (Å²) in [7, 11) is 0. The number of halogens is 9. The quantitative estimate of drug-likeness (QED) is 0.0212. The van der Waals surface area contributed by atoms with E-state index in [1.54, 1.807) is 70.1 Å². The lowest BCUT2D eigenvalue weighted by Gasteiger charge is -2.28. The molecule has 4 aliphatic heterocycles. The fourth-order valence-electron chi connectivity index (χ4n) is 20.8. The molecule has 0 unspecified atom stereocenters. The molecular formula is C103H113F9N16O18. The highest BCUT2D eigenvalue weighted by Gasteiger charge is 2.57. The number of benzene rings is 4. The second-order valence-corrected chi connectivity index (χ2v) is 42.8. The van der Waals surface area contributed by atoms with E-state index in [1.165, 1.54) is 26.0 Å². The second kappa shape index (κ2) is 39.4. The van der Waals surface area contributed by atoms with Gasteiger partial charge in [0.05, 0.1) is 98.1 Å². The van der Waals surface area contributed by atoms with E-state index in [-0.39, 0.29) is 157 Å². The fraction of sp³-hybridized carbons (Fsp3) is 0.544. The van der Waals surface area contributed by atoms with Crippen LogP contribution in [0.5, 0.6) is 0 Å². The number of pyridine rings is 4. The summed E-state index contributed by atoms with van der Waals surface area (Å²) in [4.78, 5) is 141. The number of hydrogen-bond acceptors (Lipinski definition) is 25. The zero-order valence-corrected chi connectivity index (χ0v) is 82.3. The number of nitrogens with one attached hydrogen (secondary N) is 4. The number of nitrogens with two attached hydrogens (primary N) is 1. The third-order valence-electron chi connectivity index (χ3n) is 29.2. The molecule has 12 fully saturated rings. The van der Waals surface area contributed by atoms with Crippen LogP contribution in [0.1, 0.15) is 267 Å². The molecule has 0 radical (unpaired) electrons. The van der Waals surface area contributed by atoms with Crippen LogP contribution in [0.3, 0.4) is 0 Å². The predicted molar refractivity (Wildman–Crippen MR) is 514 cm³/mol. The molecule has 0 spiro atoms. The van der Waals surface area contributed by atoms with E-state index in [0.29, 0.717) is 64.1 Å². The number of carboxylic acids is 2. The summed E-state index contributed by atoms with van der Waals surface area (Å²) in [6.45, 7) is 24.2. The molecule has 12 aliphatic rings. The summed E-state index contributed by atoms with van der Waals surface area (Å²) < 4.78 is 161. The van der Waals surface area contributed by atoms with Gasteiger partial charge in [-0.3, -0.25) is 19.2 Å². The van der Waals surface area contributed by atoms with E-state index in [1.807, 2.05) is 32.9 Å². The number of carboxylic acid groups (broad SMARTS) is 2. The topological polar surface area (TPSA) is 473 Å². The minimum Gasteiger partial charge on any atom is -0.477 e. The van der Waals surface area contributed by atoms with Crippen molar-refractivity contribution in [2.45, 2.75) is 267 Å². The van der Waals surface area contributed by atoms with Crippen molar-refractivity contribution in [3.8, 4) is 24.3 Å². The van der Waals surface area contributed by atoms with Crippen LogP contribution in [0.2, 0.25) is 0 Å². The lowest BCUT2D eigenvalue weighted by molar-refractivity contribution is 0.0465. The van der Waals surface area contributed by atoms with Gasteiger partial charge in [-0.1, -0.05) is 0 Å². The third kappa shape index (κ3) is 21.1. The lowest BCUT2D eigenvalue weighted by atomic mass is 9.96. The van der Waals surface area contributed by atoms with Crippen molar-refractivity contribution in [1.29, 1.82) is 21.0 Å². The van der Waals surface area contributed by atoms with Crippen molar-refractivity contribution >= 4 is 103 Å². The van der Waals surface area contributed by atoms with Gasteiger partial charge < -0.3 is 93.9 Å². The van der Waals surface area contributed by atoms with Crippen LogP contribution in [0.15, 0.2) is 68.2 Å². The number of esters is 2. The number of fused-ring (bicyclic) bond motifs is 4. The number of amides is 3. The molecule has 8 saturated carbocycles. The number of nitrogens with zero attached hydrogens (tertiary/aromatic N) is 11. The van der Waals surface area contributed by atoms with E-state index < -0.39 is 186 Å². The Morgan fingerprint density at radius 3 is 0.959 bits per heavy atom. The highest BCUT2D eigenvalue weighted by molar-refractivity contribution is 6.01. The Labute approximate surface area is 830 Å². The molecule has 34 nitrogen and oxygen atoms in total. The van der Waals surface area contributed by atoms with Crippen LogP contribution in [0.25, 0.3) is 43.6 Å². The summed E-state index contributed by atoms with van der Waals surface area (Å²) in [5.74, 6) is -9.23. The summed E-state index contributed by atoms with van der Waals surface area (Å²) in [5, 5.41) is 69.5. The first-order chi connectivity index (χ1) is 68.8. The van der Waals surface area contributed by atoms with Crippen LogP contribution < -0.4 is 63.4 Å². The monoisotopic (exact) mass is 2030 g/mol. The number of anilines is 3. The number of alkyl carbamates (subject to hydrolysis) is 3. The highest BCUT2D eigenvalue weighted by atomic mass is 19.2. The summed E-state index contributed by atoms with van der Waals surface area (Å²) in [6, 6.07) is 8.29. The Bertz CT molecular complexity index is 7160. The first-order valence-electron chi connectivity index (χ1n) is 48.9. The molecule has 8 N–H and O–H groups in total. The number of rotatable bonds is 20. The van der Waals surface area contributed by atoms with Gasteiger partial charge in [-0.05, 0) is 196 Å². The number of hydrogen-bond donors (Lipinski definition) is 7. The Hall–Kier alpha value is -13.9. The first kappa shape index (κ1) is 105. The maximum Gasteiger partial charge on any atom is 0.408 e. The molecule has 8 aromatic rings. The number of carbonyl (C=O) groups is 7. The average Bonchev–Trinajstić information content (AvgIpc) is 0.981. The maximum absolute atomic E-state index is 15.7. The number of aromatic carboxylic acids is 2. The fourth-order valence-corrected chi connectivity index (χ4v) is 20.8. The number of nitriles is 4. The standard InChI is InChI=1S/C28H32F2N4O5.C26H28F2N4O5.C21H20F2N4O3.C16H11F3N2O3.C12H22N2O2/c1-5-38-25(36)18-14-34(21-11-19(21)29)22-16(24(18)35)10-20(30)23(17(22)12-31)33-9-6-15(13-33)28(7-8-28)32-26(37)39-27(2,3)4;1-25(2,3)37-24(36)30-26(5-6-26)13-4-7-31(11-13)21-15(10-29)20-14(8-18(21)28)22(33)16(23(34)35)12-32(20)19-9-17(19)27;22-14-6-16(14)27-9-13(20(29)30)19(28)11-5-15(23)18(12(7-24)17(11)27)26-4-1-10(8-26)21(25)2-3-21;1-2-24-16(23)9-6-21(12-4-10(12)17)14-7(15(9)22)3-11(18)13(19)8(14)5-20;1-11(2,3)16-10(15)14-12(5-6-12)9-4-7-13-8-9/h10,14-15,19,21H,5-9,11,13H2,1-4H3,(H,32,37);8,12-13,17,19H,4-7,9,11H2,1-3H3,(H,30,36)(H,34,35);5,9-10,14,16H,1-4,6,8,25H2,(H,29,30);3,6,10,12H,2,4H2,1H3;9,13H,4-8H2,1-3H3,(H,14,15)/t15-,19+,21-;13-,17+,19-;10-,14+,16-;10-,12+;9-/m11101/s1. The van der Waals surface area contributed by atoms with E-state index in [0.717, 1.165) is 119 Å². The minimum atomic E-state index is -1.51. The lowest BCUT2D eigenvalue weighted by Crippen LogP contribution is -2.45. The summed E-state index contributed by atoms with van der Waals surface area (Å²) in [6.07, 6.45) is 9.02. The molecular weight excluding hydrogens is 1920 g/mol. The van der Waals surface area contributed by atoms with Crippen LogP contribution in [0, 0.1) is 98.1 Å². The van der Waals surface area contributed by atoms with E-state index in [2.05, 4.69) is 27.3 Å². The Morgan fingerprint density at radius 2 is 0.699 bits per heavy atom. The van der Waals surface area contributed by atoms with Gasteiger partial charge in [0.25, 0.3) is 0 Å². The zero-order chi connectivity index (χ0) is 106. The zero-order valence-electron chi connectivity index (χ0n) is 82.3. The van der Waals surface area contributed by atoms with Gasteiger partial charge in [-0.2, -0.15) is 21.0 Å².